The second kappa shape index (κ2) is 5.23. The highest BCUT2D eigenvalue weighted by atomic mass is 35.5. The number of carbonyl (C=O) groups is 1. The van der Waals surface area contributed by atoms with Gasteiger partial charge in [-0.15, -0.1) is 0 Å². The summed E-state index contributed by atoms with van der Waals surface area (Å²) in [6.45, 7) is 3.85. The molecule has 0 atom stereocenters. The average molecular weight is 253 g/mol. The minimum absolute atomic E-state index is 0.115. The van der Waals surface area contributed by atoms with Crippen LogP contribution in [0.3, 0.4) is 0 Å². The molecule has 1 rings (SSSR count). The fraction of sp³-hybridized carbons (Fsp3) is 0.308. The number of halogens is 1. The lowest BCUT2D eigenvalue weighted by molar-refractivity contribution is -0.122. The van der Waals surface area contributed by atoms with Crippen LogP contribution >= 0.6 is 11.6 Å². The second-order valence-corrected chi connectivity index (χ2v) is 4.67. The van der Waals surface area contributed by atoms with Crippen LogP contribution in [0.5, 0.6) is 0 Å². The van der Waals surface area contributed by atoms with E-state index >= 15 is 0 Å². The van der Waals surface area contributed by atoms with E-state index in [1.807, 2.05) is 25.1 Å². The van der Waals surface area contributed by atoms with Crippen LogP contribution in [0.1, 0.15) is 5.56 Å². The van der Waals surface area contributed by atoms with Crippen molar-refractivity contribution in [3.8, 4) is 0 Å². The lowest BCUT2D eigenvalue weighted by Crippen LogP contribution is -2.23. The van der Waals surface area contributed by atoms with Crippen LogP contribution in [0.15, 0.2) is 24.8 Å². The Hall–Kier alpha value is -1.48. The molecule has 0 aliphatic heterocycles. The van der Waals surface area contributed by atoms with Crippen molar-refractivity contribution in [2.24, 2.45) is 0 Å². The van der Waals surface area contributed by atoms with Crippen molar-refractivity contribution < 1.29 is 4.79 Å². The molecule has 1 aromatic carbocycles. The monoisotopic (exact) mass is 252 g/mol. The molecule has 1 aromatic rings. The Morgan fingerprint density at radius 1 is 1.24 bits per heavy atom. The van der Waals surface area contributed by atoms with E-state index in [2.05, 4.69) is 6.58 Å². The molecule has 0 unspecified atom stereocenters. The predicted molar refractivity (Wildman–Crippen MR) is 73.5 cm³/mol. The number of amides is 1. The highest BCUT2D eigenvalue weighted by Gasteiger charge is 2.16. The van der Waals surface area contributed by atoms with Crippen LogP contribution in [0.4, 0.5) is 5.69 Å². The fourth-order valence-electron chi connectivity index (χ4n) is 1.53. The first kappa shape index (κ1) is 13.6. The summed E-state index contributed by atoms with van der Waals surface area (Å²) < 4.78 is 0. The molecule has 0 fully saturated rings. The van der Waals surface area contributed by atoms with Crippen molar-refractivity contribution in [2.45, 2.75) is 0 Å². The molecule has 0 N–H and O–H groups in total. The SMILES string of the molecule is C=C(C(=O)N(C)C)c1cc(Cl)ccc1N(C)C. The van der Waals surface area contributed by atoms with Crippen LogP contribution in [-0.2, 0) is 4.79 Å². The third-order valence-electron chi connectivity index (χ3n) is 2.43. The highest BCUT2D eigenvalue weighted by molar-refractivity contribution is 6.31. The Balaban J connectivity index is 3.24. The maximum atomic E-state index is 11.9. The number of benzene rings is 1. The van der Waals surface area contributed by atoms with Gasteiger partial charge in [-0.3, -0.25) is 4.79 Å². The third-order valence-corrected chi connectivity index (χ3v) is 2.66. The Labute approximate surface area is 107 Å². The van der Waals surface area contributed by atoms with Gasteiger partial charge in [0.2, 0.25) is 0 Å². The van der Waals surface area contributed by atoms with E-state index < -0.39 is 0 Å². The first-order valence-corrected chi connectivity index (χ1v) is 5.60. The zero-order valence-corrected chi connectivity index (χ0v) is 11.4. The predicted octanol–water partition coefficient (Wildman–Crippen LogP) is 2.51. The van der Waals surface area contributed by atoms with Gasteiger partial charge in [-0.2, -0.15) is 0 Å². The Morgan fingerprint density at radius 3 is 2.29 bits per heavy atom. The van der Waals surface area contributed by atoms with Crippen LogP contribution in [0, 0.1) is 0 Å². The highest BCUT2D eigenvalue weighted by Crippen LogP contribution is 2.28. The molecule has 3 nitrogen and oxygen atoms in total. The summed E-state index contributed by atoms with van der Waals surface area (Å²) >= 11 is 5.97. The summed E-state index contributed by atoms with van der Waals surface area (Å²) in [5.41, 5.74) is 2.14. The molecule has 1 amide bonds. The molecular weight excluding hydrogens is 236 g/mol. The van der Waals surface area contributed by atoms with Gasteiger partial charge in [-0.25, -0.2) is 0 Å². The van der Waals surface area contributed by atoms with Gasteiger partial charge >= 0.3 is 0 Å². The van der Waals surface area contributed by atoms with E-state index in [0.29, 0.717) is 10.6 Å². The minimum atomic E-state index is -0.115. The lowest BCUT2D eigenvalue weighted by atomic mass is 10.0. The quantitative estimate of drug-likeness (QED) is 0.772. The molecule has 0 saturated heterocycles. The second-order valence-electron chi connectivity index (χ2n) is 4.23. The number of likely N-dealkylation sites (N-methyl/N-ethyl adjacent to an activating group) is 1. The van der Waals surface area contributed by atoms with E-state index in [4.69, 9.17) is 11.6 Å². The van der Waals surface area contributed by atoms with Crippen molar-refractivity contribution in [3.63, 3.8) is 0 Å². The number of anilines is 1. The molecule has 0 saturated carbocycles. The van der Waals surface area contributed by atoms with Crippen molar-refractivity contribution in [1.82, 2.24) is 4.90 Å². The fourth-order valence-corrected chi connectivity index (χ4v) is 1.70. The van der Waals surface area contributed by atoms with Gasteiger partial charge in [0.1, 0.15) is 0 Å². The number of carbonyl (C=O) groups excluding carboxylic acids is 1. The Morgan fingerprint density at radius 2 is 1.82 bits per heavy atom. The van der Waals surface area contributed by atoms with E-state index in [0.717, 1.165) is 11.3 Å². The lowest BCUT2D eigenvalue weighted by Gasteiger charge is -2.20. The van der Waals surface area contributed by atoms with Gasteiger partial charge in [0, 0.05) is 50.0 Å². The van der Waals surface area contributed by atoms with Crippen molar-refractivity contribution in [3.05, 3.63) is 35.4 Å². The Kier molecular flexibility index (Phi) is 4.18. The molecule has 0 aromatic heterocycles. The van der Waals surface area contributed by atoms with Crippen molar-refractivity contribution >= 4 is 28.8 Å². The van der Waals surface area contributed by atoms with Gasteiger partial charge in [0.25, 0.3) is 5.91 Å². The summed E-state index contributed by atoms with van der Waals surface area (Å²) in [5, 5.41) is 0.596. The number of rotatable bonds is 3. The first-order valence-electron chi connectivity index (χ1n) is 5.22. The molecule has 0 aliphatic carbocycles. The van der Waals surface area contributed by atoms with Gasteiger partial charge < -0.3 is 9.80 Å². The maximum Gasteiger partial charge on any atom is 0.253 e. The number of nitrogens with zero attached hydrogens (tertiary/aromatic N) is 2. The van der Waals surface area contributed by atoms with Crippen LogP contribution in [0.25, 0.3) is 5.57 Å². The molecule has 0 bridgehead atoms. The van der Waals surface area contributed by atoms with Crippen LogP contribution < -0.4 is 4.90 Å². The van der Waals surface area contributed by atoms with Crippen molar-refractivity contribution in [2.75, 3.05) is 33.1 Å². The van der Waals surface area contributed by atoms with E-state index in [-0.39, 0.29) is 5.91 Å². The summed E-state index contributed by atoms with van der Waals surface area (Å²) in [5.74, 6) is -0.115. The molecule has 0 aliphatic rings. The summed E-state index contributed by atoms with van der Waals surface area (Å²) in [4.78, 5) is 15.3. The van der Waals surface area contributed by atoms with Crippen LogP contribution in [0.2, 0.25) is 5.02 Å². The third kappa shape index (κ3) is 3.01. The van der Waals surface area contributed by atoms with Gasteiger partial charge in [0.05, 0.1) is 0 Å². The first-order chi connectivity index (χ1) is 7.84. The zero-order chi connectivity index (χ0) is 13.2. The zero-order valence-electron chi connectivity index (χ0n) is 10.6. The molecule has 0 heterocycles. The molecule has 4 heteroatoms. The van der Waals surface area contributed by atoms with Gasteiger partial charge in [-0.1, -0.05) is 18.2 Å². The van der Waals surface area contributed by atoms with Gasteiger partial charge in [-0.05, 0) is 18.2 Å². The average Bonchev–Trinajstić information content (AvgIpc) is 2.26. The van der Waals surface area contributed by atoms with E-state index in [9.17, 15) is 4.79 Å². The number of hydrogen-bond donors (Lipinski definition) is 0. The summed E-state index contributed by atoms with van der Waals surface area (Å²) in [7, 11) is 7.24. The largest absolute Gasteiger partial charge is 0.377 e. The smallest absolute Gasteiger partial charge is 0.253 e. The van der Waals surface area contributed by atoms with Crippen molar-refractivity contribution in [1.29, 1.82) is 0 Å². The Bertz CT molecular complexity index is 453. The van der Waals surface area contributed by atoms with Gasteiger partial charge in [0.15, 0.2) is 0 Å². The minimum Gasteiger partial charge on any atom is -0.377 e. The molecule has 92 valence electrons. The topological polar surface area (TPSA) is 23.6 Å². The standard InChI is InChI=1S/C13H17ClN2O/c1-9(13(17)16(4)5)11-8-10(14)6-7-12(11)15(2)3/h6-8H,1H2,2-5H3. The summed E-state index contributed by atoms with van der Waals surface area (Å²) in [6, 6.07) is 5.44. The maximum absolute atomic E-state index is 11.9. The number of hydrogen-bond acceptors (Lipinski definition) is 2. The van der Waals surface area contributed by atoms with E-state index in [1.54, 1.807) is 26.2 Å². The molecule has 0 spiro atoms. The molecular formula is C13H17ClN2O. The molecule has 0 radical (unpaired) electrons. The van der Waals surface area contributed by atoms with E-state index in [1.165, 1.54) is 4.90 Å². The normalized spacial score (nSPS) is 9.94. The summed E-state index contributed by atoms with van der Waals surface area (Å²) in [6.07, 6.45) is 0. The van der Waals surface area contributed by atoms with Crippen LogP contribution in [-0.4, -0.2) is 39.0 Å². The molecule has 17 heavy (non-hydrogen) atoms.